The number of para-hydroxylation sites is 1. The molecule has 0 spiro atoms. The molecule has 0 aliphatic rings. The van der Waals surface area contributed by atoms with E-state index >= 15 is 0 Å². The van der Waals surface area contributed by atoms with Gasteiger partial charge in [-0.25, -0.2) is 0 Å². The van der Waals surface area contributed by atoms with Crippen LogP contribution in [0, 0.1) is 10.1 Å². The van der Waals surface area contributed by atoms with Crippen LogP contribution in [0.5, 0.6) is 0 Å². The minimum absolute atomic E-state index is 0.0584. The molecule has 0 atom stereocenters. The number of benzene rings is 2. The highest BCUT2D eigenvalue weighted by Crippen LogP contribution is 2.24. The van der Waals surface area contributed by atoms with Crippen LogP contribution in [-0.4, -0.2) is 43.7 Å². The van der Waals surface area contributed by atoms with E-state index in [-0.39, 0.29) is 23.1 Å². The van der Waals surface area contributed by atoms with Crippen molar-refractivity contribution in [2.45, 2.75) is 24.9 Å². The van der Waals surface area contributed by atoms with Crippen LogP contribution in [-0.2, 0) is 11.2 Å². The Labute approximate surface area is 183 Å². The molecule has 3 rings (SSSR count). The number of amides is 1. The molecule has 3 aromatic rings. The summed E-state index contributed by atoms with van der Waals surface area (Å²) < 4.78 is 1.90. The summed E-state index contributed by atoms with van der Waals surface area (Å²) >= 11 is 1.26. The number of nitrogens with one attached hydrogen (secondary N) is 1. The Morgan fingerprint density at radius 3 is 2.45 bits per heavy atom. The molecule has 0 fully saturated rings. The van der Waals surface area contributed by atoms with Crippen molar-refractivity contribution >= 4 is 29.1 Å². The topological polar surface area (TPSA) is 120 Å². The van der Waals surface area contributed by atoms with E-state index in [4.69, 9.17) is 0 Å². The molecule has 10 heteroatoms. The zero-order valence-electron chi connectivity index (χ0n) is 16.9. The zero-order chi connectivity index (χ0) is 22.2. The minimum atomic E-state index is -0.501. The van der Waals surface area contributed by atoms with Gasteiger partial charge in [-0.1, -0.05) is 30.0 Å². The highest BCUT2D eigenvalue weighted by atomic mass is 32.2. The highest BCUT2D eigenvalue weighted by molar-refractivity contribution is 7.99. The number of aromatic nitrogens is 3. The monoisotopic (exact) mass is 439 g/mol. The van der Waals surface area contributed by atoms with Crippen molar-refractivity contribution in [2.75, 3.05) is 12.3 Å². The third kappa shape index (κ3) is 5.98. The maximum absolute atomic E-state index is 12.5. The molecule has 2 aromatic carbocycles. The van der Waals surface area contributed by atoms with Crippen LogP contribution in [0.4, 0.5) is 5.69 Å². The Balaban J connectivity index is 1.73. The number of carbonyl (C=O) groups is 2. The first-order chi connectivity index (χ1) is 15.0. The fourth-order valence-corrected chi connectivity index (χ4v) is 3.75. The molecule has 0 bridgehead atoms. The molecule has 0 saturated heterocycles. The number of nitro benzene ring substituents is 1. The average molecular weight is 439 g/mol. The van der Waals surface area contributed by atoms with Crippen molar-refractivity contribution in [1.82, 2.24) is 20.1 Å². The first-order valence-electron chi connectivity index (χ1n) is 9.60. The summed E-state index contributed by atoms with van der Waals surface area (Å²) in [5.41, 5.74) is 1.23. The summed E-state index contributed by atoms with van der Waals surface area (Å²) in [6.07, 6.45) is 1.32. The van der Waals surface area contributed by atoms with Crippen LogP contribution < -0.4 is 5.32 Å². The van der Waals surface area contributed by atoms with Gasteiger partial charge >= 0.3 is 0 Å². The Morgan fingerprint density at radius 2 is 1.81 bits per heavy atom. The van der Waals surface area contributed by atoms with Gasteiger partial charge in [0.15, 0.2) is 10.9 Å². The predicted molar refractivity (Wildman–Crippen MR) is 117 cm³/mol. The first kappa shape index (κ1) is 22.2. The molecular formula is C21H21N5O4S. The van der Waals surface area contributed by atoms with E-state index in [0.29, 0.717) is 30.1 Å². The molecule has 1 N–H and O–H groups in total. The molecule has 1 amide bonds. The van der Waals surface area contributed by atoms with E-state index in [1.807, 2.05) is 34.9 Å². The molecule has 31 heavy (non-hydrogen) atoms. The number of aryl methyl sites for hydroxylation is 1. The van der Waals surface area contributed by atoms with Crippen molar-refractivity contribution in [3.8, 4) is 5.69 Å². The number of carbonyl (C=O) groups excluding carboxylic acids is 2. The van der Waals surface area contributed by atoms with Gasteiger partial charge in [0.05, 0.1) is 10.7 Å². The molecule has 1 aromatic heterocycles. The van der Waals surface area contributed by atoms with E-state index < -0.39 is 4.92 Å². The smallest absolute Gasteiger partial charge is 0.269 e. The van der Waals surface area contributed by atoms with Crippen LogP contribution in [0.1, 0.15) is 29.5 Å². The molecule has 1 heterocycles. The third-order valence-electron chi connectivity index (χ3n) is 4.40. The maximum Gasteiger partial charge on any atom is 0.269 e. The van der Waals surface area contributed by atoms with Crippen molar-refractivity contribution < 1.29 is 14.5 Å². The van der Waals surface area contributed by atoms with Crippen LogP contribution >= 0.6 is 11.8 Å². The third-order valence-corrected chi connectivity index (χ3v) is 5.33. The number of nitro groups is 1. The van der Waals surface area contributed by atoms with Crippen molar-refractivity contribution in [3.05, 3.63) is 76.1 Å². The zero-order valence-corrected chi connectivity index (χ0v) is 17.7. The first-order valence-corrected chi connectivity index (χ1v) is 10.6. The summed E-state index contributed by atoms with van der Waals surface area (Å²) in [5.74, 6) is 0.622. The predicted octanol–water partition coefficient (Wildman–Crippen LogP) is 3.22. The largest absolute Gasteiger partial charge is 0.356 e. The number of nitrogens with zero attached hydrogens (tertiary/aromatic N) is 4. The Hall–Kier alpha value is -3.53. The second-order valence-electron chi connectivity index (χ2n) is 6.67. The Kier molecular flexibility index (Phi) is 7.50. The number of Topliss-reactive ketones (excluding diaryl/α,β-unsaturated/α-hetero) is 1. The Morgan fingerprint density at radius 1 is 1.10 bits per heavy atom. The van der Waals surface area contributed by atoms with Gasteiger partial charge < -0.3 is 5.32 Å². The van der Waals surface area contributed by atoms with E-state index in [1.165, 1.54) is 43.0 Å². The van der Waals surface area contributed by atoms with E-state index in [1.54, 1.807) is 0 Å². The molecular weight excluding hydrogens is 418 g/mol. The second-order valence-corrected chi connectivity index (χ2v) is 7.61. The summed E-state index contributed by atoms with van der Waals surface area (Å²) in [6.45, 7) is 2.02. The highest BCUT2D eigenvalue weighted by Gasteiger charge is 2.17. The molecule has 0 saturated carbocycles. The van der Waals surface area contributed by atoms with Gasteiger partial charge in [-0.2, -0.15) is 0 Å². The number of ketones is 1. The van der Waals surface area contributed by atoms with Crippen molar-refractivity contribution in [3.63, 3.8) is 0 Å². The lowest BCUT2D eigenvalue weighted by molar-refractivity contribution is -0.384. The number of thioether (sulfide) groups is 1. The Bertz CT molecular complexity index is 1070. The van der Waals surface area contributed by atoms with Gasteiger partial charge in [0.1, 0.15) is 5.82 Å². The fourth-order valence-electron chi connectivity index (χ4n) is 2.89. The number of hydrogen-bond donors (Lipinski definition) is 1. The molecule has 9 nitrogen and oxygen atoms in total. The molecule has 160 valence electrons. The lowest BCUT2D eigenvalue weighted by Crippen LogP contribution is -2.21. The van der Waals surface area contributed by atoms with Gasteiger partial charge in [-0.05, 0) is 30.7 Å². The van der Waals surface area contributed by atoms with E-state index in [9.17, 15) is 19.7 Å². The maximum atomic E-state index is 12.5. The van der Waals surface area contributed by atoms with Gasteiger partial charge in [0, 0.05) is 43.3 Å². The molecule has 0 radical (unpaired) electrons. The van der Waals surface area contributed by atoms with Gasteiger partial charge in [-0.3, -0.25) is 24.3 Å². The standard InChI is InChI=1S/C21H21N5O4S/c1-15(27)22-13-5-8-20-23-24-21(25(20)17-6-3-2-4-7-17)31-14-19(28)16-9-11-18(12-10-16)26(29)30/h2-4,6-7,9-12H,5,8,13-14H2,1H3,(H,22,27). The van der Waals surface area contributed by atoms with Crippen molar-refractivity contribution in [1.29, 1.82) is 0 Å². The fraction of sp³-hybridized carbons (Fsp3) is 0.238. The quantitative estimate of drug-likeness (QED) is 0.169. The normalized spacial score (nSPS) is 10.6. The SMILES string of the molecule is CC(=O)NCCCc1nnc(SCC(=O)c2ccc([N+](=O)[O-])cc2)n1-c1ccccc1. The van der Waals surface area contributed by atoms with Crippen LogP contribution in [0.25, 0.3) is 5.69 Å². The van der Waals surface area contributed by atoms with Crippen LogP contribution in [0.2, 0.25) is 0 Å². The van der Waals surface area contributed by atoms with Crippen LogP contribution in [0.15, 0.2) is 59.8 Å². The molecule has 0 aliphatic carbocycles. The number of non-ortho nitro benzene ring substituents is 1. The summed E-state index contributed by atoms with van der Waals surface area (Å²) in [5, 5.41) is 22.7. The average Bonchev–Trinajstić information content (AvgIpc) is 3.18. The van der Waals surface area contributed by atoms with E-state index in [2.05, 4.69) is 15.5 Å². The van der Waals surface area contributed by atoms with Crippen LogP contribution in [0.3, 0.4) is 0 Å². The summed E-state index contributed by atoms with van der Waals surface area (Å²) in [4.78, 5) is 33.9. The van der Waals surface area contributed by atoms with Gasteiger partial charge in [-0.15, -0.1) is 10.2 Å². The lowest BCUT2D eigenvalue weighted by atomic mass is 10.1. The summed E-state index contributed by atoms with van der Waals surface area (Å²) in [7, 11) is 0. The van der Waals surface area contributed by atoms with Crippen molar-refractivity contribution in [2.24, 2.45) is 0 Å². The molecule has 0 unspecified atom stereocenters. The minimum Gasteiger partial charge on any atom is -0.356 e. The summed E-state index contributed by atoms with van der Waals surface area (Å²) in [6, 6.07) is 15.1. The van der Waals surface area contributed by atoms with E-state index in [0.717, 1.165) is 11.5 Å². The lowest BCUT2D eigenvalue weighted by Gasteiger charge is -2.10. The number of rotatable bonds is 10. The van der Waals surface area contributed by atoms with Gasteiger partial charge in [0.2, 0.25) is 5.91 Å². The molecule has 0 aliphatic heterocycles. The number of hydrogen-bond acceptors (Lipinski definition) is 7. The van der Waals surface area contributed by atoms with Gasteiger partial charge in [0.25, 0.3) is 5.69 Å². The second kappa shape index (κ2) is 10.5.